The van der Waals surface area contributed by atoms with Gasteiger partial charge in [0.05, 0.1) is 19.1 Å². The summed E-state index contributed by atoms with van der Waals surface area (Å²) in [7, 11) is 1.54. The smallest absolute Gasteiger partial charge is 0.306 e. The fraction of sp³-hybridized carbons (Fsp3) is 0.421. The Kier molecular flexibility index (Phi) is 5.76. The number of benzene rings is 1. The van der Waals surface area contributed by atoms with E-state index in [-0.39, 0.29) is 18.2 Å². The average Bonchev–Trinajstić information content (AvgIpc) is 3.32. The Morgan fingerprint density at radius 3 is 2.96 bits per heavy atom. The fourth-order valence-corrected chi connectivity index (χ4v) is 3.99. The molecule has 7 nitrogen and oxygen atoms in total. The van der Waals surface area contributed by atoms with Crippen LogP contribution < -0.4 is 10.1 Å². The molecule has 1 aliphatic rings. The lowest BCUT2D eigenvalue weighted by molar-refractivity contribution is -0.138. The minimum atomic E-state index is -1.11. The summed E-state index contributed by atoms with van der Waals surface area (Å²) in [6.07, 6.45) is 1.56. The van der Waals surface area contributed by atoms with E-state index in [1.165, 1.54) is 18.4 Å². The van der Waals surface area contributed by atoms with Crippen molar-refractivity contribution in [1.82, 2.24) is 10.3 Å². The van der Waals surface area contributed by atoms with Crippen molar-refractivity contribution in [2.24, 2.45) is 0 Å². The maximum Gasteiger partial charge on any atom is 0.306 e. The van der Waals surface area contributed by atoms with Crippen molar-refractivity contribution in [1.29, 1.82) is 0 Å². The van der Waals surface area contributed by atoms with Crippen LogP contribution in [-0.4, -0.2) is 35.7 Å². The van der Waals surface area contributed by atoms with Gasteiger partial charge in [0, 0.05) is 12.0 Å². The number of carboxylic acids is 1. The number of ether oxygens (including phenoxy) is 2. The number of carbonyl (C=O) groups excluding carboxylic acids is 1. The van der Waals surface area contributed by atoms with Crippen molar-refractivity contribution < 1.29 is 24.2 Å². The van der Waals surface area contributed by atoms with Gasteiger partial charge in [-0.05, 0) is 37.5 Å². The molecule has 1 fully saturated rings. The molecule has 1 aromatic carbocycles. The maximum atomic E-state index is 12.8. The number of rotatable bonds is 7. The SMILES string of the molecule is COc1cccc(C(C)(CC(=O)O)NC(=O)c2csc(C3CCCO3)n2)c1. The number of amides is 1. The molecule has 2 aromatic rings. The van der Waals surface area contributed by atoms with E-state index < -0.39 is 17.4 Å². The van der Waals surface area contributed by atoms with Gasteiger partial charge in [-0.3, -0.25) is 9.59 Å². The van der Waals surface area contributed by atoms with E-state index in [2.05, 4.69) is 10.3 Å². The molecule has 0 saturated carbocycles. The largest absolute Gasteiger partial charge is 0.497 e. The van der Waals surface area contributed by atoms with E-state index >= 15 is 0 Å². The zero-order valence-electron chi connectivity index (χ0n) is 15.2. The van der Waals surface area contributed by atoms with E-state index in [0.717, 1.165) is 17.8 Å². The van der Waals surface area contributed by atoms with Crippen molar-refractivity contribution in [2.75, 3.05) is 13.7 Å². The summed E-state index contributed by atoms with van der Waals surface area (Å²) >= 11 is 1.38. The molecule has 3 rings (SSSR count). The Bertz CT molecular complexity index is 831. The molecule has 144 valence electrons. The predicted molar refractivity (Wildman–Crippen MR) is 100 cm³/mol. The Labute approximate surface area is 161 Å². The van der Waals surface area contributed by atoms with Crippen molar-refractivity contribution >= 4 is 23.2 Å². The molecule has 2 N–H and O–H groups in total. The van der Waals surface area contributed by atoms with E-state index in [0.29, 0.717) is 17.9 Å². The second kappa shape index (κ2) is 8.06. The molecule has 8 heteroatoms. The minimum Gasteiger partial charge on any atom is -0.497 e. The van der Waals surface area contributed by atoms with Gasteiger partial charge in [-0.15, -0.1) is 11.3 Å². The number of hydrogen-bond acceptors (Lipinski definition) is 6. The van der Waals surface area contributed by atoms with Crippen molar-refractivity contribution in [3.8, 4) is 5.75 Å². The van der Waals surface area contributed by atoms with Gasteiger partial charge in [-0.1, -0.05) is 12.1 Å². The summed E-state index contributed by atoms with van der Waals surface area (Å²) in [6, 6.07) is 7.02. The Morgan fingerprint density at radius 2 is 2.30 bits per heavy atom. The molecule has 0 radical (unpaired) electrons. The Hall–Kier alpha value is -2.45. The molecule has 1 aromatic heterocycles. The molecule has 0 spiro atoms. The first-order valence-corrected chi connectivity index (χ1v) is 9.55. The maximum absolute atomic E-state index is 12.8. The van der Waals surface area contributed by atoms with Gasteiger partial charge in [-0.25, -0.2) is 4.98 Å². The van der Waals surface area contributed by atoms with Crippen LogP contribution in [0.5, 0.6) is 5.75 Å². The number of carbonyl (C=O) groups is 2. The number of carboxylic acid groups (broad SMARTS) is 1. The van der Waals surface area contributed by atoms with Crippen molar-refractivity contribution in [3.05, 3.63) is 45.9 Å². The van der Waals surface area contributed by atoms with Crippen LogP contribution in [0.15, 0.2) is 29.6 Å². The third kappa shape index (κ3) is 4.45. The summed E-state index contributed by atoms with van der Waals surface area (Å²) in [5.41, 5.74) is -0.192. The molecule has 2 unspecified atom stereocenters. The topological polar surface area (TPSA) is 97.8 Å². The Balaban J connectivity index is 1.83. The van der Waals surface area contributed by atoms with Crippen LogP contribution in [0.1, 0.15) is 53.3 Å². The summed E-state index contributed by atoms with van der Waals surface area (Å²) in [6.45, 7) is 2.39. The number of nitrogens with zero attached hydrogens (tertiary/aromatic N) is 1. The highest BCUT2D eigenvalue weighted by Crippen LogP contribution is 2.32. The number of nitrogens with one attached hydrogen (secondary N) is 1. The average molecular weight is 390 g/mol. The monoisotopic (exact) mass is 390 g/mol. The first-order valence-electron chi connectivity index (χ1n) is 8.67. The van der Waals surface area contributed by atoms with Gasteiger partial charge in [0.2, 0.25) is 0 Å². The second-order valence-corrected chi connectivity index (χ2v) is 7.55. The molecular weight excluding hydrogens is 368 g/mol. The van der Waals surface area contributed by atoms with Gasteiger partial charge in [0.15, 0.2) is 0 Å². The lowest BCUT2D eigenvalue weighted by Crippen LogP contribution is -2.45. The molecule has 0 bridgehead atoms. The zero-order valence-corrected chi connectivity index (χ0v) is 16.0. The molecule has 2 heterocycles. The van der Waals surface area contributed by atoms with Gasteiger partial charge in [0.25, 0.3) is 5.91 Å². The fourth-order valence-electron chi connectivity index (χ4n) is 3.11. The lowest BCUT2D eigenvalue weighted by atomic mass is 9.88. The number of hydrogen-bond donors (Lipinski definition) is 2. The summed E-state index contributed by atoms with van der Waals surface area (Å²) < 4.78 is 10.8. The molecule has 0 aliphatic carbocycles. The lowest BCUT2D eigenvalue weighted by Gasteiger charge is -2.30. The van der Waals surface area contributed by atoms with E-state index in [4.69, 9.17) is 9.47 Å². The quantitative estimate of drug-likeness (QED) is 0.754. The molecule has 1 amide bonds. The van der Waals surface area contributed by atoms with Gasteiger partial charge in [-0.2, -0.15) is 0 Å². The number of aliphatic carboxylic acids is 1. The van der Waals surface area contributed by atoms with Crippen LogP contribution >= 0.6 is 11.3 Å². The van der Waals surface area contributed by atoms with E-state index in [9.17, 15) is 14.7 Å². The highest BCUT2D eigenvalue weighted by Gasteiger charge is 2.33. The van der Waals surface area contributed by atoms with E-state index in [1.54, 1.807) is 36.6 Å². The minimum absolute atomic E-state index is 0.0552. The molecule has 27 heavy (non-hydrogen) atoms. The van der Waals surface area contributed by atoms with Gasteiger partial charge < -0.3 is 19.9 Å². The third-order valence-electron chi connectivity index (χ3n) is 4.56. The summed E-state index contributed by atoms with van der Waals surface area (Å²) in [5.74, 6) is -0.839. The number of methoxy groups -OCH3 is 1. The molecule has 2 atom stereocenters. The van der Waals surface area contributed by atoms with Crippen LogP contribution in [0, 0.1) is 0 Å². The molecule has 1 aliphatic heterocycles. The van der Waals surface area contributed by atoms with Gasteiger partial charge >= 0.3 is 5.97 Å². The molecular formula is C19H22N2O5S. The zero-order chi connectivity index (χ0) is 19.4. The summed E-state index contributed by atoms with van der Waals surface area (Å²) in [4.78, 5) is 28.6. The highest BCUT2D eigenvalue weighted by atomic mass is 32.1. The van der Waals surface area contributed by atoms with Crippen molar-refractivity contribution in [2.45, 2.75) is 37.8 Å². The van der Waals surface area contributed by atoms with E-state index in [1.807, 2.05) is 0 Å². The van der Waals surface area contributed by atoms with Crippen LogP contribution in [0.2, 0.25) is 0 Å². The molecule has 1 saturated heterocycles. The van der Waals surface area contributed by atoms with Crippen LogP contribution in [0.4, 0.5) is 0 Å². The highest BCUT2D eigenvalue weighted by molar-refractivity contribution is 7.09. The normalized spacial score (nSPS) is 18.7. The summed E-state index contributed by atoms with van der Waals surface area (Å²) in [5, 5.41) is 14.7. The van der Waals surface area contributed by atoms with Crippen molar-refractivity contribution in [3.63, 3.8) is 0 Å². The number of aromatic nitrogens is 1. The first-order chi connectivity index (χ1) is 12.9. The van der Waals surface area contributed by atoms with Crippen LogP contribution in [0.25, 0.3) is 0 Å². The van der Waals surface area contributed by atoms with Gasteiger partial charge in [0.1, 0.15) is 22.6 Å². The second-order valence-electron chi connectivity index (χ2n) is 6.66. The van der Waals surface area contributed by atoms with Crippen LogP contribution in [-0.2, 0) is 15.1 Å². The predicted octanol–water partition coefficient (Wildman–Crippen LogP) is 3.12. The Morgan fingerprint density at radius 1 is 1.48 bits per heavy atom. The first kappa shape index (κ1) is 19.3. The standard InChI is InChI=1S/C19H22N2O5S/c1-19(10-16(22)23,12-5-3-6-13(9-12)25-2)21-17(24)14-11-27-18(20-14)15-7-4-8-26-15/h3,5-6,9,11,15H,4,7-8,10H2,1-2H3,(H,21,24)(H,22,23). The third-order valence-corrected chi connectivity index (χ3v) is 5.50. The van der Waals surface area contributed by atoms with Crippen LogP contribution in [0.3, 0.4) is 0 Å². The number of thiazole rings is 1.